The van der Waals surface area contributed by atoms with Crippen LogP contribution in [0.4, 0.5) is 11.4 Å². The minimum atomic E-state index is -3.71. The van der Waals surface area contributed by atoms with Crippen molar-refractivity contribution in [3.63, 3.8) is 0 Å². The number of nitrogens with zero attached hydrogens (tertiary/aromatic N) is 2. The molecule has 1 unspecified atom stereocenters. The van der Waals surface area contributed by atoms with E-state index in [1.165, 1.54) is 20.2 Å². The lowest BCUT2D eigenvalue weighted by molar-refractivity contribution is -0.122. The van der Waals surface area contributed by atoms with E-state index in [1.807, 2.05) is 30.5 Å². The van der Waals surface area contributed by atoms with Gasteiger partial charge in [-0.25, -0.2) is 12.7 Å². The number of carbonyl (C=O) groups is 2. The maximum atomic E-state index is 12.8. The molecular formula is C20H23N3O4S2. The van der Waals surface area contributed by atoms with E-state index in [1.54, 1.807) is 34.9 Å². The Morgan fingerprint density at radius 1 is 1.14 bits per heavy atom. The van der Waals surface area contributed by atoms with Crippen LogP contribution in [0.2, 0.25) is 0 Å². The van der Waals surface area contributed by atoms with Gasteiger partial charge in [-0.05, 0) is 42.7 Å². The second-order valence-electron chi connectivity index (χ2n) is 6.88. The summed E-state index contributed by atoms with van der Waals surface area (Å²) < 4.78 is 26.1. The number of hydrogen-bond donors (Lipinski definition) is 1. The van der Waals surface area contributed by atoms with E-state index >= 15 is 0 Å². The van der Waals surface area contributed by atoms with E-state index in [9.17, 15) is 18.0 Å². The Balaban J connectivity index is 1.77. The molecule has 154 valence electrons. The van der Waals surface area contributed by atoms with Crippen LogP contribution in [0.15, 0.2) is 58.3 Å². The zero-order valence-electron chi connectivity index (χ0n) is 16.5. The lowest BCUT2D eigenvalue weighted by Gasteiger charge is -2.18. The van der Waals surface area contributed by atoms with Gasteiger partial charge in [0.2, 0.25) is 21.8 Å². The van der Waals surface area contributed by atoms with Crippen LogP contribution in [0.5, 0.6) is 0 Å². The minimum Gasteiger partial charge on any atom is -0.325 e. The number of rotatable bonds is 6. The number of benzene rings is 2. The van der Waals surface area contributed by atoms with Crippen molar-refractivity contribution < 1.29 is 18.0 Å². The molecule has 9 heteroatoms. The van der Waals surface area contributed by atoms with Crippen molar-refractivity contribution in [2.24, 2.45) is 5.92 Å². The van der Waals surface area contributed by atoms with E-state index in [0.29, 0.717) is 0 Å². The minimum absolute atomic E-state index is 0.0205. The van der Waals surface area contributed by atoms with Gasteiger partial charge in [-0.15, -0.1) is 11.8 Å². The predicted octanol–water partition coefficient (Wildman–Crippen LogP) is 2.65. The molecule has 1 atom stereocenters. The Bertz CT molecular complexity index is 1020. The van der Waals surface area contributed by atoms with Crippen LogP contribution in [0.3, 0.4) is 0 Å². The third kappa shape index (κ3) is 4.47. The van der Waals surface area contributed by atoms with Gasteiger partial charge in [0.25, 0.3) is 0 Å². The first kappa shape index (κ1) is 21.4. The average molecular weight is 434 g/mol. The van der Waals surface area contributed by atoms with Crippen molar-refractivity contribution in [2.45, 2.75) is 16.2 Å². The molecule has 1 aliphatic rings. The Labute approximate surface area is 175 Å². The summed E-state index contributed by atoms with van der Waals surface area (Å²) in [7, 11) is -0.840. The fraction of sp³-hybridized carbons (Fsp3) is 0.300. The van der Waals surface area contributed by atoms with Crippen molar-refractivity contribution in [3.8, 4) is 0 Å². The first-order chi connectivity index (χ1) is 13.7. The van der Waals surface area contributed by atoms with Gasteiger partial charge >= 0.3 is 0 Å². The lowest BCUT2D eigenvalue weighted by atomic mass is 10.1. The van der Waals surface area contributed by atoms with E-state index in [2.05, 4.69) is 5.32 Å². The molecular weight excluding hydrogens is 410 g/mol. The molecule has 29 heavy (non-hydrogen) atoms. The molecule has 0 aromatic heterocycles. The Hall–Kier alpha value is -2.36. The molecule has 2 amide bonds. The summed E-state index contributed by atoms with van der Waals surface area (Å²) in [6, 6.07) is 13.8. The molecule has 1 saturated heterocycles. The fourth-order valence-electron chi connectivity index (χ4n) is 3.12. The molecule has 0 aliphatic carbocycles. The molecule has 0 spiro atoms. The van der Waals surface area contributed by atoms with Crippen LogP contribution in [0.25, 0.3) is 0 Å². The molecule has 0 radical (unpaired) electrons. The number of thioether (sulfide) groups is 1. The quantitative estimate of drug-likeness (QED) is 0.708. The number of amides is 2. The molecule has 1 heterocycles. The van der Waals surface area contributed by atoms with E-state index in [4.69, 9.17) is 0 Å². The number of para-hydroxylation sites is 1. The zero-order chi connectivity index (χ0) is 21.2. The maximum absolute atomic E-state index is 12.8. The largest absolute Gasteiger partial charge is 0.325 e. The van der Waals surface area contributed by atoms with Crippen LogP contribution in [-0.4, -0.2) is 51.4 Å². The Kier molecular flexibility index (Phi) is 6.30. The zero-order valence-corrected chi connectivity index (χ0v) is 18.1. The summed E-state index contributed by atoms with van der Waals surface area (Å²) in [4.78, 5) is 27.9. The van der Waals surface area contributed by atoms with Crippen LogP contribution in [0, 0.1) is 5.92 Å². The number of sulfonamides is 1. The van der Waals surface area contributed by atoms with Gasteiger partial charge in [-0.3, -0.25) is 9.59 Å². The van der Waals surface area contributed by atoms with E-state index < -0.39 is 15.9 Å². The maximum Gasteiger partial charge on any atom is 0.244 e. The molecule has 0 saturated carbocycles. The van der Waals surface area contributed by atoms with Crippen molar-refractivity contribution in [1.82, 2.24) is 4.31 Å². The van der Waals surface area contributed by atoms with Gasteiger partial charge in [-0.1, -0.05) is 12.1 Å². The van der Waals surface area contributed by atoms with Gasteiger partial charge in [0.1, 0.15) is 4.90 Å². The number of nitrogens with one attached hydrogen (secondary N) is 1. The highest BCUT2D eigenvalue weighted by Crippen LogP contribution is 2.29. The summed E-state index contributed by atoms with van der Waals surface area (Å²) in [6.45, 7) is 0.256. The first-order valence-electron chi connectivity index (χ1n) is 9.01. The van der Waals surface area contributed by atoms with Gasteiger partial charge < -0.3 is 10.2 Å². The molecule has 2 aromatic rings. The van der Waals surface area contributed by atoms with Gasteiger partial charge in [0.15, 0.2) is 0 Å². The highest BCUT2D eigenvalue weighted by molar-refractivity contribution is 7.98. The normalized spacial score (nSPS) is 17.0. The molecule has 1 aliphatic heterocycles. The summed E-state index contributed by atoms with van der Waals surface area (Å²) in [5.41, 5.74) is 0.958. The molecule has 7 nitrogen and oxygen atoms in total. The first-order valence-corrected chi connectivity index (χ1v) is 11.7. The number of hydrogen-bond acceptors (Lipinski definition) is 5. The molecule has 1 N–H and O–H groups in total. The smallest absolute Gasteiger partial charge is 0.244 e. The molecule has 3 rings (SSSR count). The summed E-state index contributed by atoms with van der Waals surface area (Å²) >= 11 is 1.61. The Morgan fingerprint density at radius 2 is 1.79 bits per heavy atom. The highest BCUT2D eigenvalue weighted by Gasteiger charge is 2.35. The van der Waals surface area contributed by atoms with Crippen LogP contribution in [-0.2, 0) is 19.6 Å². The summed E-state index contributed by atoms with van der Waals surface area (Å²) in [5, 5.41) is 2.70. The van der Waals surface area contributed by atoms with Crippen molar-refractivity contribution in [2.75, 3.05) is 37.1 Å². The SMILES string of the molecule is CSc1ccc(N2CC(C(=O)Nc3ccccc3S(=O)(=O)N(C)C)CC2=O)cc1. The highest BCUT2D eigenvalue weighted by atomic mass is 32.2. The molecule has 1 fully saturated rings. The van der Waals surface area contributed by atoms with E-state index in [-0.39, 0.29) is 35.4 Å². The van der Waals surface area contributed by atoms with Crippen LogP contribution in [0.1, 0.15) is 6.42 Å². The van der Waals surface area contributed by atoms with Crippen molar-refractivity contribution in [1.29, 1.82) is 0 Å². The topological polar surface area (TPSA) is 86.8 Å². The third-order valence-corrected chi connectivity index (χ3v) is 7.40. The Morgan fingerprint density at radius 3 is 2.41 bits per heavy atom. The van der Waals surface area contributed by atoms with Gasteiger partial charge in [-0.2, -0.15) is 0 Å². The number of carbonyl (C=O) groups excluding carboxylic acids is 2. The molecule has 2 aromatic carbocycles. The predicted molar refractivity (Wildman–Crippen MR) is 115 cm³/mol. The van der Waals surface area contributed by atoms with Gasteiger partial charge in [0, 0.05) is 37.6 Å². The molecule has 0 bridgehead atoms. The van der Waals surface area contributed by atoms with E-state index in [0.717, 1.165) is 14.9 Å². The summed E-state index contributed by atoms with van der Waals surface area (Å²) in [5.74, 6) is -1.06. The standard InChI is InChI=1S/C20H23N3O4S2/c1-22(2)29(26,27)18-7-5-4-6-17(18)21-20(25)14-12-19(24)23(13-14)15-8-10-16(28-3)11-9-15/h4-11,14H,12-13H2,1-3H3,(H,21,25). The lowest BCUT2D eigenvalue weighted by Crippen LogP contribution is -2.29. The van der Waals surface area contributed by atoms with Crippen molar-refractivity contribution in [3.05, 3.63) is 48.5 Å². The third-order valence-electron chi connectivity index (χ3n) is 4.78. The monoisotopic (exact) mass is 433 g/mol. The van der Waals surface area contributed by atoms with Crippen molar-refractivity contribution >= 4 is 45.0 Å². The second-order valence-corrected chi connectivity index (χ2v) is 9.88. The van der Waals surface area contributed by atoms with Gasteiger partial charge in [0.05, 0.1) is 11.6 Å². The van der Waals surface area contributed by atoms with Crippen LogP contribution >= 0.6 is 11.8 Å². The van der Waals surface area contributed by atoms with Crippen LogP contribution < -0.4 is 10.2 Å². The summed E-state index contributed by atoms with van der Waals surface area (Å²) in [6.07, 6.45) is 2.06. The fourth-order valence-corrected chi connectivity index (χ4v) is 4.57. The second kappa shape index (κ2) is 8.56. The number of anilines is 2. The average Bonchev–Trinajstić information content (AvgIpc) is 3.10.